The molecule has 0 saturated carbocycles. The van der Waals surface area contributed by atoms with Gasteiger partial charge in [-0.3, -0.25) is 4.99 Å². The third kappa shape index (κ3) is 4.11. The third-order valence-corrected chi connectivity index (χ3v) is 3.85. The summed E-state index contributed by atoms with van der Waals surface area (Å²) in [5, 5.41) is 5.14. The van der Waals surface area contributed by atoms with Gasteiger partial charge >= 0.3 is 0 Å². The van der Waals surface area contributed by atoms with Crippen molar-refractivity contribution in [3.05, 3.63) is 24.2 Å². The summed E-state index contributed by atoms with van der Waals surface area (Å²) in [4.78, 5) is 4.53. The first-order valence-corrected chi connectivity index (χ1v) is 7.09. The van der Waals surface area contributed by atoms with Crippen LogP contribution < -0.4 is 5.32 Å². The summed E-state index contributed by atoms with van der Waals surface area (Å²) >= 11 is 1.88. The Labute approximate surface area is 107 Å². The van der Waals surface area contributed by atoms with E-state index < -0.39 is 0 Å². The molecule has 2 rings (SSSR count). The highest BCUT2D eigenvalue weighted by molar-refractivity contribution is 8.14. The molecule has 0 aliphatic carbocycles. The van der Waals surface area contributed by atoms with E-state index in [1.807, 2.05) is 23.9 Å². The summed E-state index contributed by atoms with van der Waals surface area (Å²) in [6, 6.07) is 3.93. The molecule has 1 atom stereocenters. The predicted octanol–water partition coefficient (Wildman–Crippen LogP) is 2.93. The molecule has 1 aliphatic rings. The van der Waals surface area contributed by atoms with Gasteiger partial charge in [0.1, 0.15) is 5.76 Å². The lowest BCUT2D eigenvalue weighted by Gasteiger charge is -2.10. The maximum absolute atomic E-state index is 5.29. The van der Waals surface area contributed by atoms with Crippen molar-refractivity contribution in [1.29, 1.82) is 0 Å². The molecule has 0 aromatic carbocycles. The van der Waals surface area contributed by atoms with Crippen LogP contribution in [0.1, 0.15) is 26.0 Å². The standard InChI is InChI=1S/C13H20N2OS/c1-10(2)8-12-9-15-13(17-12)14-6-5-11-4-3-7-16-11/h3-4,7,10,12H,5-6,8-9H2,1-2H3,(H,14,15). The SMILES string of the molecule is CC(C)CC1CN=C(NCCc2ccco2)S1. The quantitative estimate of drug-likeness (QED) is 0.875. The average molecular weight is 252 g/mol. The predicted molar refractivity (Wildman–Crippen MR) is 73.6 cm³/mol. The van der Waals surface area contributed by atoms with E-state index in [4.69, 9.17) is 4.42 Å². The molecular formula is C13H20N2OS. The van der Waals surface area contributed by atoms with Gasteiger partial charge in [-0.25, -0.2) is 0 Å². The highest BCUT2D eigenvalue weighted by atomic mass is 32.2. The molecule has 17 heavy (non-hydrogen) atoms. The van der Waals surface area contributed by atoms with E-state index in [0.717, 1.165) is 36.4 Å². The Balaban J connectivity index is 1.64. The van der Waals surface area contributed by atoms with Crippen molar-refractivity contribution in [3.8, 4) is 0 Å². The minimum Gasteiger partial charge on any atom is -0.469 e. The van der Waals surface area contributed by atoms with Gasteiger partial charge in [0.2, 0.25) is 0 Å². The number of nitrogens with one attached hydrogen (secondary N) is 1. The van der Waals surface area contributed by atoms with Gasteiger partial charge in [0.05, 0.1) is 12.8 Å². The Morgan fingerprint density at radius 2 is 2.47 bits per heavy atom. The third-order valence-electron chi connectivity index (χ3n) is 2.68. The summed E-state index contributed by atoms with van der Waals surface area (Å²) in [6.07, 6.45) is 3.88. The van der Waals surface area contributed by atoms with Crippen LogP contribution in [0.2, 0.25) is 0 Å². The molecule has 0 spiro atoms. The minimum atomic E-state index is 0.668. The molecule has 0 radical (unpaired) electrons. The molecule has 1 aromatic rings. The molecule has 0 fully saturated rings. The van der Waals surface area contributed by atoms with E-state index in [2.05, 4.69) is 24.2 Å². The van der Waals surface area contributed by atoms with Crippen molar-refractivity contribution in [2.45, 2.75) is 31.9 Å². The van der Waals surface area contributed by atoms with E-state index >= 15 is 0 Å². The van der Waals surface area contributed by atoms with Crippen LogP contribution in [0.25, 0.3) is 0 Å². The van der Waals surface area contributed by atoms with Gasteiger partial charge in [0.15, 0.2) is 5.17 Å². The second-order valence-electron chi connectivity index (χ2n) is 4.77. The van der Waals surface area contributed by atoms with E-state index in [9.17, 15) is 0 Å². The monoisotopic (exact) mass is 252 g/mol. The van der Waals surface area contributed by atoms with Crippen molar-refractivity contribution in [1.82, 2.24) is 5.32 Å². The van der Waals surface area contributed by atoms with Gasteiger partial charge in [-0.1, -0.05) is 25.6 Å². The number of hydrogen-bond donors (Lipinski definition) is 1. The first kappa shape index (κ1) is 12.6. The highest BCUT2D eigenvalue weighted by Crippen LogP contribution is 2.25. The fourth-order valence-corrected chi connectivity index (χ4v) is 3.19. The number of aliphatic imine (C=N–C) groups is 1. The molecule has 1 N–H and O–H groups in total. The fraction of sp³-hybridized carbons (Fsp3) is 0.615. The van der Waals surface area contributed by atoms with Gasteiger partial charge in [0, 0.05) is 18.2 Å². The Morgan fingerprint density at radius 3 is 3.18 bits per heavy atom. The smallest absolute Gasteiger partial charge is 0.156 e. The maximum Gasteiger partial charge on any atom is 0.156 e. The summed E-state index contributed by atoms with van der Waals surface area (Å²) in [7, 11) is 0. The van der Waals surface area contributed by atoms with E-state index in [1.54, 1.807) is 6.26 Å². The molecule has 1 aliphatic heterocycles. The van der Waals surface area contributed by atoms with Crippen molar-refractivity contribution in [2.75, 3.05) is 13.1 Å². The molecule has 1 unspecified atom stereocenters. The Morgan fingerprint density at radius 1 is 1.59 bits per heavy atom. The molecule has 0 amide bonds. The van der Waals surface area contributed by atoms with Crippen molar-refractivity contribution in [2.24, 2.45) is 10.9 Å². The molecule has 1 aromatic heterocycles. The van der Waals surface area contributed by atoms with E-state index in [-0.39, 0.29) is 0 Å². The van der Waals surface area contributed by atoms with Crippen LogP contribution in [0.3, 0.4) is 0 Å². The van der Waals surface area contributed by atoms with Gasteiger partial charge in [-0.15, -0.1) is 0 Å². The van der Waals surface area contributed by atoms with Gasteiger partial charge < -0.3 is 9.73 Å². The second-order valence-corrected chi connectivity index (χ2v) is 6.06. The first-order valence-electron chi connectivity index (χ1n) is 6.21. The lowest BCUT2D eigenvalue weighted by atomic mass is 10.1. The molecular weight excluding hydrogens is 232 g/mol. The zero-order chi connectivity index (χ0) is 12.1. The van der Waals surface area contributed by atoms with E-state index in [1.165, 1.54) is 6.42 Å². The zero-order valence-electron chi connectivity index (χ0n) is 10.5. The van der Waals surface area contributed by atoms with Crippen LogP contribution in [0, 0.1) is 5.92 Å². The molecule has 0 saturated heterocycles. The number of furan rings is 1. The van der Waals surface area contributed by atoms with Crippen LogP contribution in [0.5, 0.6) is 0 Å². The van der Waals surface area contributed by atoms with Crippen LogP contribution >= 0.6 is 11.8 Å². The lowest BCUT2D eigenvalue weighted by Crippen LogP contribution is -2.22. The number of nitrogens with zero attached hydrogens (tertiary/aromatic N) is 1. The van der Waals surface area contributed by atoms with Crippen molar-refractivity contribution in [3.63, 3.8) is 0 Å². The molecule has 3 nitrogen and oxygen atoms in total. The largest absolute Gasteiger partial charge is 0.469 e. The van der Waals surface area contributed by atoms with Gasteiger partial charge in [-0.2, -0.15) is 0 Å². The summed E-state index contributed by atoms with van der Waals surface area (Å²) in [6.45, 7) is 6.39. The molecule has 2 heterocycles. The van der Waals surface area contributed by atoms with Crippen LogP contribution in [0.15, 0.2) is 27.8 Å². The lowest BCUT2D eigenvalue weighted by molar-refractivity contribution is 0.507. The number of hydrogen-bond acceptors (Lipinski definition) is 4. The topological polar surface area (TPSA) is 37.5 Å². The number of thioether (sulfide) groups is 1. The Hall–Kier alpha value is -0.900. The highest BCUT2D eigenvalue weighted by Gasteiger charge is 2.19. The van der Waals surface area contributed by atoms with Crippen LogP contribution in [-0.4, -0.2) is 23.5 Å². The van der Waals surface area contributed by atoms with E-state index in [0.29, 0.717) is 5.25 Å². The van der Waals surface area contributed by atoms with Crippen LogP contribution in [0.4, 0.5) is 0 Å². The fourth-order valence-electron chi connectivity index (χ4n) is 1.91. The van der Waals surface area contributed by atoms with Gasteiger partial charge in [0.25, 0.3) is 0 Å². The second kappa shape index (κ2) is 6.15. The number of amidine groups is 1. The minimum absolute atomic E-state index is 0.668. The summed E-state index contributed by atoms with van der Waals surface area (Å²) < 4.78 is 5.29. The summed E-state index contributed by atoms with van der Waals surface area (Å²) in [5.74, 6) is 1.78. The Bertz CT molecular complexity index is 360. The van der Waals surface area contributed by atoms with Crippen molar-refractivity contribution >= 4 is 16.9 Å². The zero-order valence-corrected chi connectivity index (χ0v) is 11.3. The maximum atomic E-state index is 5.29. The molecule has 0 bridgehead atoms. The average Bonchev–Trinajstić information content (AvgIpc) is 2.89. The Kier molecular flexibility index (Phi) is 4.54. The van der Waals surface area contributed by atoms with Crippen molar-refractivity contribution < 1.29 is 4.42 Å². The molecule has 4 heteroatoms. The molecule has 94 valence electrons. The number of rotatable bonds is 5. The normalized spacial score (nSPS) is 19.7. The summed E-state index contributed by atoms with van der Waals surface area (Å²) in [5.41, 5.74) is 0. The van der Waals surface area contributed by atoms with Crippen LogP contribution in [-0.2, 0) is 6.42 Å². The van der Waals surface area contributed by atoms with Gasteiger partial charge in [-0.05, 0) is 24.5 Å². The first-order chi connectivity index (χ1) is 8.24.